The van der Waals surface area contributed by atoms with E-state index in [4.69, 9.17) is 0 Å². The van der Waals surface area contributed by atoms with Crippen molar-refractivity contribution in [2.45, 2.75) is 46.1 Å². The normalized spacial score (nSPS) is 15.4. The van der Waals surface area contributed by atoms with Crippen LogP contribution in [0.3, 0.4) is 0 Å². The third-order valence-electron chi connectivity index (χ3n) is 4.79. The molecule has 0 unspecified atom stereocenters. The molecule has 3 rings (SSSR count). The number of aryl methyl sites for hydroxylation is 2. The van der Waals surface area contributed by atoms with Gasteiger partial charge < -0.3 is 10.2 Å². The zero-order valence-electron chi connectivity index (χ0n) is 15.0. The molecule has 0 atom stereocenters. The first-order chi connectivity index (χ1) is 12.0. The molecule has 0 bridgehead atoms. The summed E-state index contributed by atoms with van der Waals surface area (Å²) < 4.78 is 0. The fourth-order valence-electron chi connectivity index (χ4n) is 3.10. The monoisotopic (exact) mass is 340 g/mol. The smallest absolute Gasteiger partial charge is 0.253 e. The van der Waals surface area contributed by atoms with E-state index in [9.17, 15) is 9.59 Å². The number of hydrogen-bond acceptors (Lipinski definition) is 4. The molecule has 1 aliphatic rings. The molecular weight excluding hydrogens is 316 g/mol. The lowest BCUT2D eigenvalue weighted by Gasteiger charge is -2.32. The summed E-state index contributed by atoms with van der Waals surface area (Å²) in [4.78, 5) is 35.2. The molecule has 1 aromatic heterocycles. The Morgan fingerprint density at radius 3 is 2.40 bits per heavy atom. The van der Waals surface area contributed by atoms with E-state index in [1.165, 1.54) is 0 Å². The molecule has 6 nitrogen and oxygen atoms in total. The molecule has 1 N–H and O–H groups in total. The Kier molecular flexibility index (Phi) is 4.97. The highest BCUT2D eigenvalue weighted by Crippen LogP contribution is 2.18. The topological polar surface area (TPSA) is 75.2 Å². The Hall–Kier alpha value is -2.50. The molecule has 132 valence electrons. The first kappa shape index (κ1) is 17.3. The molecule has 1 fully saturated rings. The number of amides is 2. The summed E-state index contributed by atoms with van der Waals surface area (Å²) in [5.74, 6) is 0.0886. The van der Waals surface area contributed by atoms with E-state index >= 15 is 0 Å². The second-order valence-corrected chi connectivity index (χ2v) is 6.59. The van der Waals surface area contributed by atoms with Gasteiger partial charge in [0.25, 0.3) is 5.91 Å². The Bertz CT molecular complexity index is 810. The molecule has 1 saturated heterocycles. The summed E-state index contributed by atoms with van der Waals surface area (Å²) in [6, 6.07) is 5.67. The minimum atomic E-state index is 0.0159. The van der Waals surface area contributed by atoms with E-state index in [2.05, 4.69) is 15.3 Å². The van der Waals surface area contributed by atoms with Crippen molar-refractivity contribution in [3.05, 3.63) is 35.2 Å². The van der Waals surface area contributed by atoms with Crippen molar-refractivity contribution in [3.63, 3.8) is 0 Å². The van der Waals surface area contributed by atoms with Crippen LogP contribution in [0, 0.1) is 13.8 Å². The van der Waals surface area contributed by atoms with Gasteiger partial charge in [0.15, 0.2) is 0 Å². The van der Waals surface area contributed by atoms with Crippen LogP contribution in [0.1, 0.15) is 47.9 Å². The number of hydrogen-bond donors (Lipinski definition) is 1. The maximum Gasteiger partial charge on any atom is 0.253 e. The van der Waals surface area contributed by atoms with Gasteiger partial charge in [0.05, 0.1) is 22.4 Å². The zero-order valence-corrected chi connectivity index (χ0v) is 15.0. The quantitative estimate of drug-likeness (QED) is 0.931. The van der Waals surface area contributed by atoms with Crippen LogP contribution in [0.25, 0.3) is 11.0 Å². The molecule has 6 heteroatoms. The van der Waals surface area contributed by atoms with Crippen LogP contribution in [0.15, 0.2) is 18.2 Å². The SMILES string of the molecule is CCC(=O)NC1CCN(C(=O)c2ccc3nc(C)c(C)nc3c2)CC1. The lowest BCUT2D eigenvalue weighted by atomic mass is 10.0. The van der Waals surface area contributed by atoms with Crippen molar-refractivity contribution in [2.24, 2.45) is 0 Å². The molecule has 0 radical (unpaired) electrons. The Balaban J connectivity index is 1.70. The molecular formula is C19H24N4O2. The number of carbonyl (C=O) groups is 2. The van der Waals surface area contributed by atoms with Crippen molar-refractivity contribution >= 4 is 22.8 Å². The Morgan fingerprint density at radius 1 is 1.12 bits per heavy atom. The van der Waals surface area contributed by atoms with Crippen LogP contribution in [0.2, 0.25) is 0 Å². The van der Waals surface area contributed by atoms with Gasteiger partial charge in [0.1, 0.15) is 0 Å². The third-order valence-corrected chi connectivity index (χ3v) is 4.79. The molecule has 0 aliphatic carbocycles. The average molecular weight is 340 g/mol. The molecule has 1 aromatic carbocycles. The number of fused-ring (bicyclic) bond motifs is 1. The minimum Gasteiger partial charge on any atom is -0.353 e. The minimum absolute atomic E-state index is 0.0159. The summed E-state index contributed by atoms with van der Waals surface area (Å²) in [6.07, 6.45) is 2.09. The van der Waals surface area contributed by atoms with Gasteiger partial charge in [-0.05, 0) is 44.9 Å². The number of benzene rings is 1. The predicted octanol–water partition coefficient (Wildman–Crippen LogP) is 2.38. The highest BCUT2D eigenvalue weighted by molar-refractivity contribution is 5.97. The van der Waals surface area contributed by atoms with Gasteiger partial charge in [0.2, 0.25) is 5.91 Å². The van der Waals surface area contributed by atoms with Gasteiger partial charge >= 0.3 is 0 Å². The van der Waals surface area contributed by atoms with E-state index < -0.39 is 0 Å². The summed E-state index contributed by atoms with van der Waals surface area (Å²) >= 11 is 0. The van der Waals surface area contributed by atoms with Gasteiger partial charge in [-0.25, -0.2) is 9.97 Å². The fourth-order valence-corrected chi connectivity index (χ4v) is 3.10. The molecule has 0 spiro atoms. The van der Waals surface area contributed by atoms with E-state index in [1.807, 2.05) is 43.9 Å². The maximum absolute atomic E-state index is 12.8. The number of nitrogens with one attached hydrogen (secondary N) is 1. The van der Waals surface area contributed by atoms with Crippen molar-refractivity contribution in [2.75, 3.05) is 13.1 Å². The van der Waals surface area contributed by atoms with Crippen LogP contribution in [0.4, 0.5) is 0 Å². The summed E-state index contributed by atoms with van der Waals surface area (Å²) in [5.41, 5.74) is 3.98. The lowest BCUT2D eigenvalue weighted by Crippen LogP contribution is -2.46. The number of aromatic nitrogens is 2. The lowest BCUT2D eigenvalue weighted by molar-refractivity contribution is -0.121. The number of likely N-dealkylation sites (tertiary alicyclic amines) is 1. The van der Waals surface area contributed by atoms with Crippen molar-refractivity contribution in [1.82, 2.24) is 20.2 Å². The third kappa shape index (κ3) is 3.78. The van der Waals surface area contributed by atoms with Gasteiger partial charge in [-0.2, -0.15) is 0 Å². The molecule has 1 aliphatic heterocycles. The van der Waals surface area contributed by atoms with Gasteiger partial charge in [-0.3, -0.25) is 9.59 Å². The molecule has 2 aromatic rings. The molecule has 2 amide bonds. The van der Waals surface area contributed by atoms with E-state index in [0.717, 1.165) is 35.3 Å². The van der Waals surface area contributed by atoms with E-state index in [0.29, 0.717) is 25.1 Å². The van der Waals surface area contributed by atoms with E-state index in [-0.39, 0.29) is 17.9 Å². The van der Waals surface area contributed by atoms with Crippen LogP contribution in [-0.4, -0.2) is 45.8 Å². The summed E-state index contributed by atoms with van der Waals surface area (Å²) in [7, 11) is 0. The van der Waals surface area contributed by atoms with Gasteiger partial charge in [-0.15, -0.1) is 0 Å². The largest absolute Gasteiger partial charge is 0.353 e. The van der Waals surface area contributed by atoms with Crippen LogP contribution >= 0.6 is 0 Å². The first-order valence-electron chi connectivity index (χ1n) is 8.81. The second kappa shape index (κ2) is 7.17. The first-order valence-corrected chi connectivity index (χ1v) is 8.81. The average Bonchev–Trinajstić information content (AvgIpc) is 2.62. The molecule has 2 heterocycles. The predicted molar refractivity (Wildman–Crippen MR) is 96.4 cm³/mol. The van der Waals surface area contributed by atoms with Crippen molar-refractivity contribution in [3.8, 4) is 0 Å². The van der Waals surface area contributed by atoms with Gasteiger partial charge in [0, 0.05) is 31.1 Å². The van der Waals surface area contributed by atoms with Crippen LogP contribution in [0.5, 0.6) is 0 Å². The maximum atomic E-state index is 12.8. The molecule has 25 heavy (non-hydrogen) atoms. The van der Waals surface area contributed by atoms with E-state index in [1.54, 1.807) is 0 Å². The number of nitrogens with zero attached hydrogens (tertiary/aromatic N) is 3. The highest BCUT2D eigenvalue weighted by atomic mass is 16.2. The number of rotatable bonds is 3. The Labute approximate surface area is 147 Å². The fraction of sp³-hybridized carbons (Fsp3) is 0.474. The number of carbonyl (C=O) groups excluding carboxylic acids is 2. The number of piperidine rings is 1. The van der Waals surface area contributed by atoms with Gasteiger partial charge in [-0.1, -0.05) is 6.92 Å². The highest BCUT2D eigenvalue weighted by Gasteiger charge is 2.24. The second-order valence-electron chi connectivity index (χ2n) is 6.59. The van der Waals surface area contributed by atoms with Crippen LogP contribution < -0.4 is 5.32 Å². The standard InChI is InChI=1S/C19H24N4O2/c1-4-18(24)22-15-7-9-23(10-8-15)19(25)14-5-6-16-17(11-14)21-13(3)12(2)20-16/h5-6,11,15H,4,7-10H2,1-3H3,(H,22,24). The van der Waals surface area contributed by atoms with Crippen molar-refractivity contribution in [1.29, 1.82) is 0 Å². The zero-order chi connectivity index (χ0) is 18.0. The summed E-state index contributed by atoms with van der Waals surface area (Å²) in [5, 5.41) is 3.01. The van der Waals surface area contributed by atoms with Crippen molar-refractivity contribution < 1.29 is 9.59 Å². The summed E-state index contributed by atoms with van der Waals surface area (Å²) in [6.45, 7) is 7.02. The molecule has 0 saturated carbocycles. The van der Waals surface area contributed by atoms with Crippen LogP contribution in [-0.2, 0) is 4.79 Å². The Morgan fingerprint density at radius 2 is 1.76 bits per heavy atom.